The van der Waals surface area contributed by atoms with Crippen molar-refractivity contribution in [3.63, 3.8) is 0 Å². The van der Waals surface area contributed by atoms with Gasteiger partial charge in [-0.05, 0) is 70.0 Å². The molecule has 3 heteroatoms. The smallest absolute Gasteiger partial charge is 0.119 e. The highest BCUT2D eigenvalue weighted by molar-refractivity contribution is 5.54. The Morgan fingerprint density at radius 3 is 2.84 bits per heavy atom. The van der Waals surface area contributed by atoms with Gasteiger partial charge in [-0.15, -0.1) is 0 Å². The van der Waals surface area contributed by atoms with Gasteiger partial charge in [-0.2, -0.15) is 0 Å². The van der Waals surface area contributed by atoms with Crippen LogP contribution in [0.5, 0.6) is 5.75 Å². The van der Waals surface area contributed by atoms with Gasteiger partial charge in [0.25, 0.3) is 0 Å². The first-order chi connectivity index (χ1) is 9.10. The highest BCUT2D eigenvalue weighted by Gasteiger charge is 2.22. The highest BCUT2D eigenvalue weighted by Crippen LogP contribution is 2.25. The molecule has 0 aliphatic carbocycles. The van der Waals surface area contributed by atoms with E-state index in [1.54, 1.807) is 7.11 Å². The first-order valence-corrected chi connectivity index (χ1v) is 7.20. The quantitative estimate of drug-likeness (QED) is 0.902. The molecule has 1 aromatic carbocycles. The van der Waals surface area contributed by atoms with Crippen LogP contribution in [0.25, 0.3) is 0 Å². The molecule has 1 aliphatic rings. The summed E-state index contributed by atoms with van der Waals surface area (Å²) < 4.78 is 5.25. The van der Waals surface area contributed by atoms with Crippen LogP contribution in [0, 0.1) is 12.8 Å². The summed E-state index contributed by atoms with van der Waals surface area (Å²) in [4.78, 5) is 2.44. The van der Waals surface area contributed by atoms with Gasteiger partial charge >= 0.3 is 0 Å². The molecule has 3 nitrogen and oxygen atoms in total. The Hall–Kier alpha value is -1.22. The normalized spacial score (nSPS) is 22.0. The molecule has 0 aromatic heterocycles. The summed E-state index contributed by atoms with van der Waals surface area (Å²) in [6.45, 7) is 6.87. The number of benzene rings is 1. The number of nitrogens with zero attached hydrogens (tertiary/aromatic N) is 1. The van der Waals surface area contributed by atoms with E-state index in [1.165, 1.54) is 37.2 Å². The van der Waals surface area contributed by atoms with E-state index in [0.717, 1.165) is 11.7 Å². The zero-order chi connectivity index (χ0) is 13.8. The Bertz CT molecular complexity index is 419. The van der Waals surface area contributed by atoms with Crippen molar-refractivity contribution in [2.75, 3.05) is 32.6 Å². The second-order valence-electron chi connectivity index (χ2n) is 5.78. The third-order valence-corrected chi connectivity index (χ3v) is 4.18. The lowest BCUT2D eigenvalue weighted by atomic mass is 9.91. The summed E-state index contributed by atoms with van der Waals surface area (Å²) in [6, 6.07) is 6.74. The van der Waals surface area contributed by atoms with Crippen molar-refractivity contribution < 1.29 is 4.74 Å². The number of aryl methyl sites for hydroxylation is 1. The number of piperidine rings is 1. The molecule has 0 radical (unpaired) electrons. The van der Waals surface area contributed by atoms with Crippen LogP contribution in [0.1, 0.15) is 25.3 Å². The largest absolute Gasteiger partial charge is 0.497 e. The van der Waals surface area contributed by atoms with Crippen molar-refractivity contribution in [2.45, 2.75) is 32.7 Å². The van der Waals surface area contributed by atoms with E-state index in [4.69, 9.17) is 4.74 Å². The summed E-state index contributed by atoms with van der Waals surface area (Å²) in [6.07, 6.45) is 2.64. The van der Waals surface area contributed by atoms with E-state index in [0.29, 0.717) is 6.04 Å². The van der Waals surface area contributed by atoms with Gasteiger partial charge in [0, 0.05) is 18.3 Å². The maximum Gasteiger partial charge on any atom is 0.119 e. The van der Waals surface area contributed by atoms with Crippen molar-refractivity contribution in [1.29, 1.82) is 0 Å². The molecule has 1 aliphatic heterocycles. The van der Waals surface area contributed by atoms with Gasteiger partial charge < -0.3 is 15.0 Å². The zero-order valence-corrected chi connectivity index (χ0v) is 12.6. The minimum absolute atomic E-state index is 0.509. The van der Waals surface area contributed by atoms with E-state index in [9.17, 15) is 0 Å². The van der Waals surface area contributed by atoms with Gasteiger partial charge in [0.15, 0.2) is 0 Å². The number of methoxy groups -OCH3 is 1. The molecule has 19 heavy (non-hydrogen) atoms. The predicted octanol–water partition coefficient (Wildman–Crippen LogP) is 3.15. The van der Waals surface area contributed by atoms with Crippen LogP contribution in [0.3, 0.4) is 0 Å². The molecule has 0 saturated carbocycles. The maximum absolute atomic E-state index is 5.25. The molecule has 2 unspecified atom stereocenters. The molecule has 0 amide bonds. The van der Waals surface area contributed by atoms with Gasteiger partial charge in [0.05, 0.1) is 7.11 Å². The van der Waals surface area contributed by atoms with Gasteiger partial charge in [-0.25, -0.2) is 0 Å². The van der Waals surface area contributed by atoms with Crippen molar-refractivity contribution >= 4 is 5.69 Å². The van der Waals surface area contributed by atoms with E-state index in [-0.39, 0.29) is 0 Å². The molecule has 1 fully saturated rings. The lowest BCUT2D eigenvalue weighted by Gasteiger charge is -2.34. The van der Waals surface area contributed by atoms with Crippen molar-refractivity contribution in [2.24, 2.45) is 5.92 Å². The van der Waals surface area contributed by atoms with Gasteiger partial charge in [-0.1, -0.05) is 0 Å². The molecule has 1 N–H and O–H groups in total. The molecule has 1 aromatic rings. The molecule has 0 spiro atoms. The van der Waals surface area contributed by atoms with Crippen LogP contribution in [-0.2, 0) is 0 Å². The van der Waals surface area contributed by atoms with Gasteiger partial charge in [0.1, 0.15) is 5.75 Å². The molecule has 1 heterocycles. The minimum Gasteiger partial charge on any atom is -0.497 e. The average Bonchev–Trinajstić information content (AvgIpc) is 2.41. The Labute approximate surface area is 116 Å². The molecule has 2 atom stereocenters. The van der Waals surface area contributed by atoms with Crippen LogP contribution in [-0.4, -0.2) is 38.2 Å². The topological polar surface area (TPSA) is 24.5 Å². The Morgan fingerprint density at radius 2 is 2.21 bits per heavy atom. The van der Waals surface area contributed by atoms with E-state index in [1.807, 2.05) is 6.07 Å². The Kier molecular flexibility index (Phi) is 4.70. The number of nitrogens with one attached hydrogen (secondary N) is 1. The molecule has 0 bridgehead atoms. The van der Waals surface area contributed by atoms with Crippen molar-refractivity contribution in [3.8, 4) is 5.75 Å². The second kappa shape index (κ2) is 6.29. The number of ether oxygens (including phenoxy) is 1. The van der Waals surface area contributed by atoms with E-state index < -0.39 is 0 Å². The number of hydrogen-bond donors (Lipinski definition) is 1. The lowest BCUT2D eigenvalue weighted by Crippen LogP contribution is -2.39. The van der Waals surface area contributed by atoms with Crippen LogP contribution in [0.15, 0.2) is 18.2 Å². The summed E-state index contributed by atoms with van der Waals surface area (Å²) >= 11 is 0. The first-order valence-electron chi connectivity index (χ1n) is 7.20. The fraction of sp³-hybridized carbons (Fsp3) is 0.625. The maximum atomic E-state index is 5.25. The summed E-state index contributed by atoms with van der Waals surface area (Å²) in [5.41, 5.74) is 2.47. The van der Waals surface area contributed by atoms with Gasteiger partial charge in [0.2, 0.25) is 0 Å². The molecule has 1 saturated heterocycles. The minimum atomic E-state index is 0.509. The van der Waals surface area contributed by atoms with Crippen LogP contribution in [0.4, 0.5) is 5.69 Å². The summed E-state index contributed by atoms with van der Waals surface area (Å²) in [7, 11) is 3.93. The van der Waals surface area contributed by atoms with Crippen LogP contribution >= 0.6 is 0 Å². The number of hydrogen-bond acceptors (Lipinski definition) is 3. The monoisotopic (exact) mass is 262 g/mol. The third kappa shape index (κ3) is 3.63. The number of likely N-dealkylation sites (tertiary alicyclic amines) is 1. The fourth-order valence-electron chi connectivity index (χ4n) is 2.90. The molecule has 106 valence electrons. The third-order valence-electron chi connectivity index (χ3n) is 4.18. The van der Waals surface area contributed by atoms with Crippen LogP contribution < -0.4 is 10.1 Å². The predicted molar refractivity (Wildman–Crippen MR) is 81.0 cm³/mol. The standard InChI is InChI=1S/C16H26N2O/c1-12-10-15(19-4)7-8-16(12)17-13(2)14-6-5-9-18(3)11-14/h7-8,10,13-14,17H,5-6,9,11H2,1-4H3. The summed E-state index contributed by atoms with van der Waals surface area (Å²) in [5.74, 6) is 1.66. The highest BCUT2D eigenvalue weighted by atomic mass is 16.5. The lowest BCUT2D eigenvalue weighted by molar-refractivity contribution is 0.197. The first kappa shape index (κ1) is 14.2. The fourth-order valence-corrected chi connectivity index (χ4v) is 2.90. The SMILES string of the molecule is COc1ccc(NC(C)C2CCCN(C)C2)c(C)c1. The van der Waals surface area contributed by atoms with Crippen molar-refractivity contribution in [1.82, 2.24) is 4.90 Å². The molecular weight excluding hydrogens is 236 g/mol. The Morgan fingerprint density at radius 1 is 1.42 bits per heavy atom. The van der Waals surface area contributed by atoms with Crippen molar-refractivity contribution in [3.05, 3.63) is 23.8 Å². The van der Waals surface area contributed by atoms with E-state index >= 15 is 0 Å². The Balaban J connectivity index is 2.00. The number of anilines is 1. The molecule has 2 rings (SSSR count). The van der Waals surface area contributed by atoms with E-state index in [2.05, 4.69) is 43.2 Å². The van der Waals surface area contributed by atoms with Gasteiger partial charge in [-0.3, -0.25) is 0 Å². The number of rotatable bonds is 4. The van der Waals surface area contributed by atoms with Crippen LogP contribution in [0.2, 0.25) is 0 Å². The average molecular weight is 262 g/mol. The second-order valence-corrected chi connectivity index (χ2v) is 5.78. The molecular formula is C16H26N2O. The summed E-state index contributed by atoms with van der Waals surface area (Å²) in [5, 5.41) is 3.67. The zero-order valence-electron chi connectivity index (χ0n) is 12.6.